The largest absolute Gasteiger partial charge is 0.507 e. The number of thiophene rings is 1. The zero-order valence-corrected chi connectivity index (χ0v) is 45.9. The van der Waals surface area contributed by atoms with Crippen LogP contribution in [0.3, 0.4) is 0 Å². The predicted molar refractivity (Wildman–Crippen MR) is 278 cm³/mol. The summed E-state index contributed by atoms with van der Waals surface area (Å²) in [6.07, 6.45) is 2.40. The number of hydroxylamine groups is 1. The van der Waals surface area contributed by atoms with Crippen LogP contribution >= 0.6 is 34.6 Å². The molecule has 6 rings (SSSR count). The van der Waals surface area contributed by atoms with Gasteiger partial charge in [0.25, 0.3) is 11.1 Å². The average Bonchev–Trinajstić information content (AvgIpc) is 4.15. The lowest BCUT2D eigenvalue weighted by molar-refractivity contribution is -0.124. The number of rotatable bonds is 8. The van der Waals surface area contributed by atoms with Crippen LogP contribution in [0.15, 0.2) is 66.3 Å². The Balaban J connectivity index is 0. The summed E-state index contributed by atoms with van der Waals surface area (Å²) >= 11 is 4.13. The highest BCUT2D eigenvalue weighted by atomic mass is 32.1. The van der Waals surface area contributed by atoms with Crippen LogP contribution in [0.4, 0.5) is 0 Å². The number of nitrogens with one attached hydrogen (secondary N) is 6. The Bertz CT molecular complexity index is 2350. The smallest absolute Gasteiger partial charge is 0.281 e. The number of carbonyl (C=O) groups excluding carboxylic acids is 2. The molecule has 0 spiro atoms. The number of aromatic hydroxyl groups is 2. The van der Waals surface area contributed by atoms with Crippen molar-refractivity contribution in [3.05, 3.63) is 100 Å². The third-order valence-electron chi connectivity index (χ3n) is 8.33. The van der Waals surface area contributed by atoms with Gasteiger partial charge in [-0.3, -0.25) is 32.7 Å². The number of amides is 2. The standard InChI is InChI=1S/C8H10O3.C7H10OS.C6H10N2O.C6H9NOS.C5H8N2OS.2C5H11NO.C4H8N4/c1-5(2)6-3-11-4-7(9)8(6)10;1-5(2)7-3-6(8)4-9-7;1-4(2)6-7-5(3)9-8-6;1-4(2)5-3-6(8)7-9-5;1-3(2)4-5(8)7-9-6-4;2*1-4(2)5(7)6-3;1-3(2)4-5-7-8-6-4/h3-5,9H,1-2H3;3-5,8H,1-2H3;4H,3H2,1-2H3,(H,7,8);3-4H,1-2H3,(H,7,8);3H,1-2H3,(H,7,8);2*4H,1-3H3,(H,6,7);3H,1-2H3,(H,5,6,7,8). The zero-order chi connectivity index (χ0) is 53.6. The average molecular weight is 1020 g/mol. The molecule has 0 saturated carbocycles. The number of tetrazole rings is 1. The molecule has 5 aromatic rings. The number of aliphatic imine (C=N–C) groups is 1. The van der Waals surface area contributed by atoms with Gasteiger partial charge in [-0.1, -0.05) is 128 Å². The van der Waals surface area contributed by atoms with Gasteiger partial charge in [-0.05, 0) is 30.4 Å². The summed E-state index contributed by atoms with van der Waals surface area (Å²) < 4.78 is 13.8. The van der Waals surface area contributed by atoms with Gasteiger partial charge in [0, 0.05) is 82.2 Å². The summed E-state index contributed by atoms with van der Waals surface area (Å²) in [5.74, 6) is 4.62. The molecule has 5 aromatic heterocycles. The molecule has 388 valence electrons. The lowest BCUT2D eigenvalue weighted by Gasteiger charge is -2.01. The van der Waals surface area contributed by atoms with Crippen LogP contribution in [0.1, 0.15) is 167 Å². The summed E-state index contributed by atoms with van der Waals surface area (Å²) in [7, 11) is 3.28. The van der Waals surface area contributed by atoms with Crippen molar-refractivity contribution < 1.29 is 29.1 Å². The zero-order valence-electron chi connectivity index (χ0n) is 43.4. The maximum Gasteiger partial charge on any atom is 0.281 e. The van der Waals surface area contributed by atoms with Crippen molar-refractivity contribution in [3.63, 3.8) is 0 Å². The fourth-order valence-corrected chi connectivity index (χ4v) is 6.25. The molecular weight excluding hydrogens is 947 g/mol. The van der Waals surface area contributed by atoms with E-state index in [1.165, 1.54) is 22.7 Å². The molecular formula is C46H77N11O9S3. The van der Waals surface area contributed by atoms with Gasteiger partial charge in [-0.25, -0.2) is 5.48 Å². The quantitative estimate of drug-likeness (QED) is 0.0721. The molecule has 0 unspecified atom stereocenters. The highest BCUT2D eigenvalue weighted by Crippen LogP contribution is 2.26. The Morgan fingerprint density at radius 2 is 1.29 bits per heavy atom. The van der Waals surface area contributed by atoms with Crippen LogP contribution in [0.25, 0.3) is 0 Å². The van der Waals surface area contributed by atoms with Crippen molar-refractivity contribution in [2.45, 2.75) is 140 Å². The number of carbonyl (C=O) groups is 2. The van der Waals surface area contributed by atoms with Gasteiger partial charge in [0.15, 0.2) is 11.6 Å². The highest BCUT2D eigenvalue weighted by molar-refractivity contribution is 7.10. The molecule has 2 amide bonds. The monoisotopic (exact) mass is 1020 g/mol. The van der Waals surface area contributed by atoms with Gasteiger partial charge < -0.3 is 30.1 Å². The Hall–Kier alpha value is -5.94. The minimum Gasteiger partial charge on any atom is -0.507 e. The van der Waals surface area contributed by atoms with Crippen LogP contribution in [-0.2, 0) is 14.4 Å². The van der Waals surface area contributed by atoms with E-state index in [0.717, 1.165) is 34.5 Å². The lowest BCUT2D eigenvalue weighted by atomic mass is 10.1. The Morgan fingerprint density at radius 3 is 1.51 bits per heavy atom. The number of nitrogens with zero attached hydrogens (tertiary/aromatic N) is 5. The molecule has 0 fully saturated rings. The Labute approximate surface area is 418 Å². The summed E-state index contributed by atoms with van der Waals surface area (Å²) in [5, 5.41) is 38.0. The van der Waals surface area contributed by atoms with Crippen molar-refractivity contribution >= 4 is 52.2 Å². The number of amidine groups is 1. The van der Waals surface area contributed by atoms with E-state index in [1.54, 1.807) is 36.9 Å². The fourth-order valence-electron chi connectivity index (χ4n) is 4.16. The molecule has 0 aromatic carbocycles. The number of hydrogen-bond acceptors (Lipinski definition) is 18. The Morgan fingerprint density at radius 1 is 0.725 bits per heavy atom. The van der Waals surface area contributed by atoms with Crippen LogP contribution in [0.2, 0.25) is 0 Å². The second-order valence-electron chi connectivity index (χ2n) is 17.2. The molecule has 20 nitrogen and oxygen atoms in total. The number of hydrogen-bond donors (Lipinski definition) is 8. The number of aromatic nitrogens is 7. The third kappa shape index (κ3) is 28.9. The van der Waals surface area contributed by atoms with Crippen LogP contribution in [-0.4, -0.2) is 75.7 Å². The summed E-state index contributed by atoms with van der Waals surface area (Å²) in [6, 6.07) is 3.46. The van der Waals surface area contributed by atoms with Crippen LogP contribution < -0.4 is 32.7 Å². The maximum atomic E-state index is 11.1. The van der Waals surface area contributed by atoms with E-state index < -0.39 is 0 Å². The summed E-state index contributed by atoms with van der Waals surface area (Å²) in [6.45, 7) is 35.1. The van der Waals surface area contributed by atoms with E-state index in [-0.39, 0.29) is 57.8 Å². The molecule has 1 aliphatic heterocycles. The van der Waals surface area contributed by atoms with Gasteiger partial charge in [-0.2, -0.15) is 14.6 Å². The van der Waals surface area contributed by atoms with Gasteiger partial charge >= 0.3 is 0 Å². The van der Waals surface area contributed by atoms with Gasteiger partial charge in [0.05, 0.1) is 6.26 Å². The van der Waals surface area contributed by atoms with E-state index in [2.05, 4.69) is 89.1 Å². The molecule has 69 heavy (non-hydrogen) atoms. The van der Waals surface area contributed by atoms with E-state index in [1.807, 2.05) is 89.2 Å². The van der Waals surface area contributed by atoms with Crippen molar-refractivity contribution in [1.29, 1.82) is 0 Å². The molecule has 8 N–H and O–H groups in total. The summed E-state index contributed by atoms with van der Waals surface area (Å²) in [4.78, 5) is 64.3. The van der Waals surface area contributed by atoms with E-state index in [9.17, 15) is 24.0 Å². The molecule has 0 atom stereocenters. The number of H-pyrrole nitrogens is 3. The first-order valence-corrected chi connectivity index (χ1v) is 24.7. The fraction of sp³-hybridized carbons (Fsp3) is 0.565. The van der Waals surface area contributed by atoms with Gasteiger partial charge in [-0.15, -0.1) is 21.5 Å². The molecule has 1 aliphatic rings. The highest BCUT2D eigenvalue weighted by Gasteiger charge is 2.12. The summed E-state index contributed by atoms with van der Waals surface area (Å²) in [5.41, 5.74) is 3.43. The second kappa shape index (κ2) is 35.2. The van der Waals surface area contributed by atoms with Crippen LogP contribution in [0.5, 0.6) is 11.5 Å². The van der Waals surface area contributed by atoms with Crippen molar-refractivity contribution in [2.24, 2.45) is 22.7 Å². The molecule has 0 saturated heterocycles. The molecule has 0 radical (unpaired) electrons. The number of aromatic amines is 3. The van der Waals surface area contributed by atoms with Gasteiger partial charge in [0.2, 0.25) is 23.1 Å². The first-order chi connectivity index (χ1) is 32.1. The topological polar surface area (TPSA) is 296 Å². The van der Waals surface area contributed by atoms with Crippen molar-refractivity contribution in [2.75, 3.05) is 14.1 Å². The van der Waals surface area contributed by atoms with E-state index in [4.69, 9.17) is 19.5 Å². The van der Waals surface area contributed by atoms with E-state index in [0.29, 0.717) is 46.6 Å². The van der Waals surface area contributed by atoms with Crippen LogP contribution in [0, 0.1) is 17.8 Å². The van der Waals surface area contributed by atoms with Crippen molar-refractivity contribution in [3.8, 4) is 11.5 Å². The molecule has 0 aliphatic carbocycles. The second-order valence-corrected chi connectivity index (χ2v) is 19.6. The minimum atomic E-state index is -0.341. The lowest BCUT2D eigenvalue weighted by Crippen LogP contribution is -2.22. The maximum absolute atomic E-state index is 11.1. The van der Waals surface area contributed by atoms with Crippen molar-refractivity contribution in [1.82, 2.24) is 49.9 Å². The third-order valence-corrected chi connectivity index (χ3v) is 11.2. The Kier molecular flexibility index (Phi) is 33.2. The van der Waals surface area contributed by atoms with E-state index >= 15 is 0 Å². The SMILES string of the molecule is C=C1N=C(C(C)C)NO1.CC(C)c1cc(=O)[nH]s1.CC(C)c1cc(O)cs1.CC(C)c1cocc(O)c1=O.CC(C)c1nn[nH]n1.CC(C)c1ns[nH]c1=O.CNC(=O)C(C)C.CNC(=O)C(C)C. The molecule has 0 bridgehead atoms. The van der Waals surface area contributed by atoms with Gasteiger partial charge in [0.1, 0.15) is 23.5 Å². The minimum absolute atomic E-state index is 0.0173. The first-order valence-electron chi connectivity index (χ1n) is 22.3. The molecule has 23 heteroatoms. The normalized spacial score (nSPS) is 11.1. The first kappa shape index (κ1) is 65.1. The predicted octanol–water partition coefficient (Wildman–Crippen LogP) is 8.71. The molecule has 6 heterocycles.